The molecule has 3 aromatic rings. The number of benzene rings is 2. The van der Waals surface area contributed by atoms with Crippen molar-refractivity contribution in [1.82, 2.24) is 20.2 Å². The van der Waals surface area contributed by atoms with Gasteiger partial charge in [0.25, 0.3) is 0 Å². The third kappa shape index (κ3) is 3.97. The Kier molecular flexibility index (Phi) is 5.43. The van der Waals surface area contributed by atoms with Gasteiger partial charge in [0.2, 0.25) is 11.1 Å². The summed E-state index contributed by atoms with van der Waals surface area (Å²) in [5, 5.41) is 14.1. The van der Waals surface area contributed by atoms with Crippen LogP contribution in [0.3, 0.4) is 0 Å². The molecule has 2 aromatic carbocycles. The molecule has 26 heavy (non-hydrogen) atoms. The Labute approximate surface area is 154 Å². The maximum atomic E-state index is 12.7. The number of nitrogens with one attached hydrogen (secondary N) is 1. The molecule has 3 rings (SSSR count). The fourth-order valence-electron chi connectivity index (χ4n) is 2.30. The Hall–Kier alpha value is -3.00. The smallest absolute Gasteiger partial charge is 0.237 e. The van der Waals surface area contributed by atoms with Crippen LogP contribution in [0.5, 0.6) is 0 Å². The average Bonchev–Trinajstić information content (AvgIpc) is 3.07. The number of nitrogens with zero attached hydrogens (tertiary/aromatic N) is 4. The number of carbonyl (C=O) groups is 2. The molecular formula is C18H17N5O2S. The molecule has 1 atom stereocenters. The first-order valence-corrected chi connectivity index (χ1v) is 8.83. The van der Waals surface area contributed by atoms with Gasteiger partial charge in [-0.3, -0.25) is 9.59 Å². The molecule has 0 aliphatic rings. The molecule has 1 amide bonds. The summed E-state index contributed by atoms with van der Waals surface area (Å²) in [4.78, 5) is 25.3. The standard InChI is InChI=1S/C18H17N5O2S/c1-12(26-18-20-21-22-23(18)2)17(25)19-15-11-7-6-10-14(15)16(24)13-8-4-3-5-9-13/h3-12H,1-2H3,(H,19,25)/t12-/m1/s1. The second-order valence-electron chi connectivity index (χ2n) is 5.58. The monoisotopic (exact) mass is 367 g/mol. The van der Waals surface area contributed by atoms with Gasteiger partial charge in [0.15, 0.2) is 5.78 Å². The van der Waals surface area contributed by atoms with E-state index >= 15 is 0 Å². The Balaban J connectivity index is 1.77. The summed E-state index contributed by atoms with van der Waals surface area (Å²) in [6.45, 7) is 1.76. The number of rotatable bonds is 6. The van der Waals surface area contributed by atoms with Crippen LogP contribution in [0.1, 0.15) is 22.8 Å². The van der Waals surface area contributed by atoms with E-state index in [1.165, 1.54) is 16.4 Å². The number of tetrazole rings is 1. The molecule has 0 radical (unpaired) electrons. The maximum Gasteiger partial charge on any atom is 0.237 e. The summed E-state index contributed by atoms with van der Waals surface area (Å²) in [6.07, 6.45) is 0. The molecule has 0 fully saturated rings. The van der Waals surface area contributed by atoms with Crippen LogP contribution in [0, 0.1) is 0 Å². The minimum absolute atomic E-state index is 0.140. The molecule has 1 heterocycles. The summed E-state index contributed by atoms with van der Waals surface area (Å²) in [6, 6.07) is 15.9. The van der Waals surface area contributed by atoms with Crippen LogP contribution >= 0.6 is 11.8 Å². The number of hydrogen-bond donors (Lipinski definition) is 1. The lowest BCUT2D eigenvalue weighted by Crippen LogP contribution is -2.24. The molecule has 0 bridgehead atoms. The first-order chi connectivity index (χ1) is 12.6. The van der Waals surface area contributed by atoms with E-state index < -0.39 is 5.25 Å². The van der Waals surface area contributed by atoms with E-state index in [1.807, 2.05) is 18.2 Å². The quantitative estimate of drug-likeness (QED) is 0.532. The topological polar surface area (TPSA) is 89.8 Å². The number of hydrogen-bond acceptors (Lipinski definition) is 6. The first kappa shape index (κ1) is 17.8. The third-order valence-electron chi connectivity index (χ3n) is 3.70. The Bertz CT molecular complexity index is 926. The van der Waals surface area contributed by atoms with E-state index in [0.717, 1.165) is 0 Å². The highest BCUT2D eigenvalue weighted by Crippen LogP contribution is 2.23. The number of aryl methyl sites for hydroxylation is 1. The maximum absolute atomic E-state index is 12.7. The second-order valence-corrected chi connectivity index (χ2v) is 6.88. The van der Waals surface area contributed by atoms with Gasteiger partial charge in [-0.1, -0.05) is 54.2 Å². The number of para-hydroxylation sites is 1. The average molecular weight is 367 g/mol. The lowest BCUT2D eigenvalue weighted by Gasteiger charge is -2.13. The fraction of sp³-hybridized carbons (Fsp3) is 0.167. The lowest BCUT2D eigenvalue weighted by atomic mass is 10.0. The molecule has 0 aliphatic heterocycles. The van der Waals surface area contributed by atoms with Crippen molar-refractivity contribution >= 4 is 29.1 Å². The summed E-state index contributed by atoms with van der Waals surface area (Å²) in [7, 11) is 1.71. The third-order valence-corrected chi connectivity index (χ3v) is 4.82. The molecular weight excluding hydrogens is 350 g/mol. The van der Waals surface area contributed by atoms with Crippen molar-refractivity contribution in [3.8, 4) is 0 Å². The van der Waals surface area contributed by atoms with Crippen LogP contribution in [0.2, 0.25) is 0 Å². The van der Waals surface area contributed by atoms with Crippen LogP contribution in [0.4, 0.5) is 5.69 Å². The van der Waals surface area contributed by atoms with Crippen LogP contribution in [0.15, 0.2) is 59.8 Å². The molecule has 0 aliphatic carbocycles. The van der Waals surface area contributed by atoms with E-state index in [9.17, 15) is 9.59 Å². The number of thioether (sulfide) groups is 1. The van der Waals surface area contributed by atoms with Gasteiger partial charge in [-0.05, 0) is 29.5 Å². The molecule has 0 spiro atoms. The molecule has 0 saturated carbocycles. The molecule has 0 unspecified atom stereocenters. The zero-order valence-electron chi connectivity index (χ0n) is 14.3. The number of ketones is 1. The van der Waals surface area contributed by atoms with Crippen molar-refractivity contribution in [2.75, 3.05) is 5.32 Å². The van der Waals surface area contributed by atoms with Gasteiger partial charge in [0.05, 0.1) is 10.9 Å². The highest BCUT2D eigenvalue weighted by molar-refractivity contribution is 8.00. The van der Waals surface area contributed by atoms with Crippen LogP contribution in [0.25, 0.3) is 0 Å². The van der Waals surface area contributed by atoms with Crippen LogP contribution in [-0.4, -0.2) is 37.1 Å². The molecule has 1 N–H and O–H groups in total. The van der Waals surface area contributed by atoms with E-state index in [4.69, 9.17) is 0 Å². The predicted molar refractivity (Wildman–Crippen MR) is 99.1 cm³/mol. The van der Waals surface area contributed by atoms with Gasteiger partial charge in [-0.2, -0.15) is 0 Å². The molecule has 1 aromatic heterocycles. The van der Waals surface area contributed by atoms with E-state index in [1.54, 1.807) is 50.4 Å². The van der Waals surface area contributed by atoms with E-state index in [0.29, 0.717) is 22.0 Å². The lowest BCUT2D eigenvalue weighted by molar-refractivity contribution is -0.115. The van der Waals surface area contributed by atoms with Gasteiger partial charge in [-0.15, -0.1) is 5.10 Å². The Morgan fingerprint density at radius 2 is 1.77 bits per heavy atom. The summed E-state index contributed by atoms with van der Waals surface area (Å²) in [5.74, 6) is -0.370. The minimum Gasteiger partial charge on any atom is -0.324 e. The largest absolute Gasteiger partial charge is 0.324 e. The zero-order valence-corrected chi connectivity index (χ0v) is 15.1. The van der Waals surface area contributed by atoms with Crippen LogP contribution in [-0.2, 0) is 11.8 Å². The van der Waals surface area contributed by atoms with Crippen molar-refractivity contribution in [2.45, 2.75) is 17.3 Å². The van der Waals surface area contributed by atoms with Crippen molar-refractivity contribution in [2.24, 2.45) is 7.05 Å². The molecule has 0 saturated heterocycles. The fourth-order valence-corrected chi connectivity index (χ4v) is 3.06. The predicted octanol–water partition coefficient (Wildman–Crippen LogP) is 2.56. The molecule has 7 nitrogen and oxygen atoms in total. The van der Waals surface area contributed by atoms with Crippen molar-refractivity contribution in [1.29, 1.82) is 0 Å². The van der Waals surface area contributed by atoms with Gasteiger partial charge >= 0.3 is 0 Å². The summed E-state index contributed by atoms with van der Waals surface area (Å²) in [5.41, 5.74) is 1.50. The highest BCUT2D eigenvalue weighted by Gasteiger charge is 2.20. The number of carbonyl (C=O) groups excluding carboxylic acids is 2. The SMILES string of the molecule is C[C@@H](Sc1nnnn1C)C(=O)Nc1ccccc1C(=O)c1ccccc1. The van der Waals surface area contributed by atoms with Gasteiger partial charge in [-0.25, -0.2) is 4.68 Å². The van der Waals surface area contributed by atoms with Crippen molar-refractivity contribution in [3.63, 3.8) is 0 Å². The molecule has 132 valence electrons. The number of amides is 1. The Morgan fingerprint density at radius 1 is 1.08 bits per heavy atom. The van der Waals surface area contributed by atoms with Gasteiger partial charge < -0.3 is 5.32 Å². The van der Waals surface area contributed by atoms with Gasteiger partial charge in [0, 0.05) is 18.2 Å². The number of anilines is 1. The number of aromatic nitrogens is 4. The normalized spacial score (nSPS) is 11.8. The van der Waals surface area contributed by atoms with E-state index in [2.05, 4.69) is 20.8 Å². The van der Waals surface area contributed by atoms with Gasteiger partial charge in [0.1, 0.15) is 0 Å². The van der Waals surface area contributed by atoms with Crippen molar-refractivity contribution < 1.29 is 9.59 Å². The van der Waals surface area contributed by atoms with E-state index in [-0.39, 0.29) is 11.7 Å². The highest BCUT2D eigenvalue weighted by atomic mass is 32.2. The Morgan fingerprint density at radius 3 is 2.46 bits per heavy atom. The van der Waals surface area contributed by atoms with Crippen LogP contribution < -0.4 is 5.32 Å². The zero-order chi connectivity index (χ0) is 18.5. The second kappa shape index (κ2) is 7.92. The minimum atomic E-state index is -0.431. The van der Waals surface area contributed by atoms with Crippen molar-refractivity contribution in [3.05, 3.63) is 65.7 Å². The first-order valence-electron chi connectivity index (χ1n) is 7.95. The summed E-state index contributed by atoms with van der Waals surface area (Å²) < 4.78 is 1.50. The molecule has 8 heteroatoms. The summed E-state index contributed by atoms with van der Waals surface area (Å²) >= 11 is 1.24.